The number of aryl methyl sites for hydroxylation is 1. The molecule has 3 N–H and O–H groups in total. The molecule has 2 rings (SSSR count). The van der Waals surface area contributed by atoms with Gasteiger partial charge in [-0.15, -0.1) is 12.4 Å². The number of nitrogens with one attached hydrogen (secondary N) is 1. The van der Waals surface area contributed by atoms with Crippen LogP contribution in [0.15, 0.2) is 24.3 Å². The molecule has 0 saturated heterocycles. The molecule has 21 heavy (non-hydrogen) atoms. The number of hydrogen-bond donors (Lipinski definition) is 2. The van der Waals surface area contributed by atoms with Crippen molar-refractivity contribution in [3.8, 4) is 5.75 Å². The van der Waals surface area contributed by atoms with E-state index in [0.717, 1.165) is 30.6 Å². The van der Waals surface area contributed by atoms with Crippen molar-refractivity contribution in [3.63, 3.8) is 0 Å². The van der Waals surface area contributed by atoms with Gasteiger partial charge in [0.25, 0.3) is 0 Å². The molecule has 0 radical (unpaired) electrons. The Morgan fingerprint density at radius 3 is 2.76 bits per heavy atom. The number of carbonyl (C=O) groups is 1. The molecular formula is C16H25ClN2O2. The summed E-state index contributed by atoms with van der Waals surface area (Å²) in [6, 6.07) is 8.08. The second kappa shape index (κ2) is 8.25. The van der Waals surface area contributed by atoms with E-state index in [1.165, 1.54) is 0 Å². The fourth-order valence-corrected chi connectivity index (χ4v) is 2.59. The summed E-state index contributed by atoms with van der Waals surface area (Å²) in [5.74, 6) is 1.06. The van der Waals surface area contributed by atoms with Crippen LogP contribution in [0, 0.1) is 12.8 Å². The zero-order chi connectivity index (χ0) is 14.5. The van der Waals surface area contributed by atoms with Crippen LogP contribution in [0.4, 0.5) is 0 Å². The van der Waals surface area contributed by atoms with E-state index < -0.39 is 0 Å². The second-order valence-corrected chi connectivity index (χ2v) is 5.71. The molecule has 3 atom stereocenters. The minimum Gasteiger partial charge on any atom is -0.489 e. The van der Waals surface area contributed by atoms with Crippen LogP contribution in [0.3, 0.4) is 0 Å². The van der Waals surface area contributed by atoms with E-state index in [1.54, 1.807) is 0 Å². The Balaban J connectivity index is 0.00000220. The fourth-order valence-electron chi connectivity index (χ4n) is 2.59. The van der Waals surface area contributed by atoms with E-state index in [0.29, 0.717) is 6.54 Å². The summed E-state index contributed by atoms with van der Waals surface area (Å²) in [5.41, 5.74) is 6.94. The zero-order valence-electron chi connectivity index (χ0n) is 12.7. The molecule has 1 fully saturated rings. The van der Waals surface area contributed by atoms with Gasteiger partial charge in [-0.3, -0.25) is 4.79 Å². The monoisotopic (exact) mass is 312 g/mol. The summed E-state index contributed by atoms with van der Waals surface area (Å²) in [6.45, 7) is 4.51. The number of nitrogens with two attached hydrogens (primary N) is 1. The van der Waals surface area contributed by atoms with Crippen LogP contribution in [0.25, 0.3) is 0 Å². The van der Waals surface area contributed by atoms with E-state index in [1.807, 2.05) is 38.1 Å². The number of amides is 1. The van der Waals surface area contributed by atoms with Gasteiger partial charge in [0.2, 0.25) is 5.91 Å². The van der Waals surface area contributed by atoms with Crippen molar-refractivity contribution in [1.82, 2.24) is 5.32 Å². The van der Waals surface area contributed by atoms with E-state index in [-0.39, 0.29) is 36.4 Å². The minimum absolute atomic E-state index is 0. The average Bonchev–Trinajstić information content (AvgIpc) is 2.85. The smallest absolute Gasteiger partial charge is 0.223 e. The maximum atomic E-state index is 12.0. The Bertz CT molecular complexity index is 467. The van der Waals surface area contributed by atoms with Gasteiger partial charge in [-0.1, -0.05) is 18.2 Å². The number of rotatable bonds is 5. The van der Waals surface area contributed by atoms with Crippen molar-refractivity contribution in [2.24, 2.45) is 11.7 Å². The van der Waals surface area contributed by atoms with Gasteiger partial charge in [0.1, 0.15) is 11.9 Å². The normalized spacial score (nSPS) is 22.2. The number of carbonyl (C=O) groups excluding carboxylic acids is 1. The zero-order valence-corrected chi connectivity index (χ0v) is 13.5. The molecule has 1 aromatic carbocycles. The number of halogens is 1. The quantitative estimate of drug-likeness (QED) is 0.877. The summed E-state index contributed by atoms with van der Waals surface area (Å²) in [6.07, 6.45) is 2.61. The van der Waals surface area contributed by atoms with Crippen molar-refractivity contribution in [3.05, 3.63) is 29.8 Å². The lowest BCUT2D eigenvalue weighted by Crippen LogP contribution is -2.37. The highest BCUT2D eigenvalue weighted by Gasteiger charge is 2.27. The number of benzene rings is 1. The minimum atomic E-state index is -0.0462. The van der Waals surface area contributed by atoms with Crippen molar-refractivity contribution >= 4 is 18.3 Å². The third-order valence-electron chi connectivity index (χ3n) is 3.83. The summed E-state index contributed by atoms with van der Waals surface area (Å²) < 4.78 is 5.84. The Hall–Kier alpha value is -1.26. The Morgan fingerprint density at radius 2 is 2.14 bits per heavy atom. The van der Waals surface area contributed by atoms with Gasteiger partial charge in [-0.25, -0.2) is 0 Å². The van der Waals surface area contributed by atoms with Gasteiger partial charge in [0.05, 0.1) is 6.54 Å². The van der Waals surface area contributed by atoms with Crippen LogP contribution in [-0.4, -0.2) is 24.6 Å². The van der Waals surface area contributed by atoms with Gasteiger partial charge in [0, 0.05) is 12.0 Å². The Morgan fingerprint density at radius 1 is 1.43 bits per heavy atom. The molecule has 0 heterocycles. The van der Waals surface area contributed by atoms with Crippen LogP contribution in [0.2, 0.25) is 0 Å². The largest absolute Gasteiger partial charge is 0.489 e. The van der Waals surface area contributed by atoms with Crippen molar-refractivity contribution in [1.29, 1.82) is 0 Å². The lowest BCUT2D eigenvalue weighted by molar-refractivity contribution is -0.125. The molecule has 1 aliphatic rings. The van der Waals surface area contributed by atoms with Crippen LogP contribution < -0.4 is 15.8 Å². The fraction of sp³-hybridized carbons (Fsp3) is 0.562. The molecule has 0 aromatic heterocycles. The van der Waals surface area contributed by atoms with Crippen molar-refractivity contribution in [2.75, 3.05) is 6.54 Å². The Kier molecular flexibility index (Phi) is 6.99. The van der Waals surface area contributed by atoms with Crippen LogP contribution in [0.5, 0.6) is 5.75 Å². The summed E-state index contributed by atoms with van der Waals surface area (Å²) in [5, 5.41) is 2.97. The molecule has 0 bridgehead atoms. The molecule has 5 heteroatoms. The molecule has 0 aliphatic heterocycles. The van der Waals surface area contributed by atoms with Crippen molar-refractivity contribution in [2.45, 2.75) is 45.3 Å². The SMILES string of the molecule is Cc1ccccc1OC(C)CNC(=O)C1CCC(N)C1.Cl. The van der Waals surface area contributed by atoms with E-state index >= 15 is 0 Å². The predicted octanol–water partition coefficient (Wildman–Crippen LogP) is 2.43. The predicted molar refractivity (Wildman–Crippen MR) is 86.8 cm³/mol. The first-order valence-corrected chi connectivity index (χ1v) is 7.32. The second-order valence-electron chi connectivity index (χ2n) is 5.71. The molecule has 3 unspecified atom stereocenters. The summed E-state index contributed by atoms with van der Waals surface area (Å²) in [7, 11) is 0. The van der Waals surface area contributed by atoms with Crippen molar-refractivity contribution < 1.29 is 9.53 Å². The molecule has 118 valence electrons. The lowest BCUT2D eigenvalue weighted by atomic mass is 10.1. The molecule has 1 saturated carbocycles. The number of para-hydroxylation sites is 1. The summed E-state index contributed by atoms with van der Waals surface area (Å²) in [4.78, 5) is 12.0. The maximum absolute atomic E-state index is 12.0. The lowest BCUT2D eigenvalue weighted by Gasteiger charge is -2.18. The maximum Gasteiger partial charge on any atom is 0.223 e. The molecule has 1 aliphatic carbocycles. The molecule has 0 spiro atoms. The Labute approximate surface area is 132 Å². The topological polar surface area (TPSA) is 64.3 Å². The standard InChI is InChI=1S/C16H24N2O2.ClH/c1-11-5-3-4-6-15(11)20-12(2)10-18-16(19)13-7-8-14(17)9-13;/h3-6,12-14H,7-10,17H2,1-2H3,(H,18,19);1H. The van der Waals surface area contributed by atoms with Crippen LogP contribution in [0.1, 0.15) is 31.7 Å². The number of ether oxygens (including phenoxy) is 1. The third kappa shape index (κ3) is 5.21. The number of hydrogen-bond acceptors (Lipinski definition) is 3. The third-order valence-corrected chi connectivity index (χ3v) is 3.83. The van der Waals surface area contributed by atoms with Crippen LogP contribution in [-0.2, 0) is 4.79 Å². The average molecular weight is 313 g/mol. The molecular weight excluding hydrogens is 288 g/mol. The van der Waals surface area contributed by atoms with Gasteiger partial charge < -0.3 is 15.8 Å². The first-order valence-electron chi connectivity index (χ1n) is 7.32. The van der Waals surface area contributed by atoms with E-state index in [2.05, 4.69) is 5.32 Å². The molecule has 4 nitrogen and oxygen atoms in total. The van der Waals surface area contributed by atoms with Crippen LogP contribution >= 0.6 is 12.4 Å². The highest BCUT2D eigenvalue weighted by Crippen LogP contribution is 2.24. The van der Waals surface area contributed by atoms with Gasteiger partial charge in [-0.2, -0.15) is 0 Å². The first kappa shape index (κ1) is 17.8. The summed E-state index contributed by atoms with van der Waals surface area (Å²) >= 11 is 0. The highest BCUT2D eigenvalue weighted by molar-refractivity contribution is 5.85. The van der Waals surface area contributed by atoms with E-state index in [9.17, 15) is 4.79 Å². The molecule has 1 aromatic rings. The van der Waals surface area contributed by atoms with E-state index in [4.69, 9.17) is 10.5 Å². The van der Waals surface area contributed by atoms with Gasteiger partial charge in [-0.05, 0) is 44.7 Å². The van der Waals surface area contributed by atoms with Gasteiger partial charge >= 0.3 is 0 Å². The van der Waals surface area contributed by atoms with Gasteiger partial charge in [0.15, 0.2) is 0 Å². The highest BCUT2D eigenvalue weighted by atomic mass is 35.5. The molecule has 1 amide bonds. The first-order chi connectivity index (χ1) is 9.56.